The van der Waals surface area contributed by atoms with Crippen molar-refractivity contribution in [1.29, 1.82) is 0 Å². The lowest BCUT2D eigenvalue weighted by Gasteiger charge is -2.47. The van der Waals surface area contributed by atoms with E-state index in [0.29, 0.717) is 24.8 Å². The van der Waals surface area contributed by atoms with Gasteiger partial charge in [0.25, 0.3) is 0 Å². The number of aliphatic hydroxyl groups is 1. The van der Waals surface area contributed by atoms with E-state index < -0.39 is 41.4 Å². The Hall–Kier alpha value is -1.18. The number of esters is 1. The average molecular weight is 655 g/mol. The molecule has 0 aromatic rings. The lowest BCUT2D eigenvalue weighted by molar-refractivity contribution is -0.295. The Labute approximate surface area is 279 Å². The predicted molar refractivity (Wildman–Crippen MR) is 180 cm³/mol. The largest absolute Gasteiger partial charge is 0.463 e. The molecule has 0 bridgehead atoms. The van der Waals surface area contributed by atoms with Crippen molar-refractivity contribution in [1.82, 2.24) is 19.6 Å². The first-order valence-corrected chi connectivity index (χ1v) is 17.3. The number of Topliss-reactive ketones (excluding diaryl/α,β-unsaturated/α-hetero) is 1. The van der Waals surface area contributed by atoms with Crippen LogP contribution in [-0.2, 0) is 28.5 Å². The highest BCUT2D eigenvalue weighted by Crippen LogP contribution is 2.38. The van der Waals surface area contributed by atoms with Crippen molar-refractivity contribution in [2.75, 3.05) is 75.1 Å². The Morgan fingerprint density at radius 3 is 2.33 bits per heavy atom. The smallest absolute Gasteiger partial charge is 0.319 e. The van der Waals surface area contributed by atoms with Crippen molar-refractivity contribution < 1.29 is 33.6 Å². The van der Waals surface area contributed by atoms with Gasteiger partial charge in [-0.05, 0) is 108 Å². The van der Waals surface area contributed by atoms with Crippen LogP contribution in [0.15, 0.2) is 0 Å². The second kappa shape index (κ2) is 16.0. The minimum absolute atomic E-state index is 0.0168. The number of likely N-dealkylation sites (tertiary alicyclic amines) is 1. The number of hydrogen-bond acceptors (Lipinski definition) is 11. The number of carbonyl (C=O) groups excluding carboxylic acids is 2. The quantitative estimate of drug-likeness (QED) is 0.309. The molecule has 11 nitrogen and oxygen atoms in total. The lowest BCUT2D eigenvalue weighted by Crippen LogP contribution is -2.59. The molecule has 0 aliphatic carbocycles. The summed E-state index contributed by atoms with van der Waals surface area (Å²) in [6.07, 6.45) is -0.540. The molecule has 0 saturated carbocycles. The van der Waals surface area contributed by atoms with Crippen molar-refractivity contribution in [2.45, 2.75) is 116 Å². The second-order valence-corrected chi connectivity index (χ2v) is 16.0. The van der Waals surface area contributed by atoms with Gasteiger partial charge in [-0.15, -0.1) is 0 Å². The van der Waals surface area contributed by atoms with Crippen molar-refractivity contribution in [2.24, 2.45) is 23.2 Å². The summed E-state index contributed by atoms with van der Waals surface area (Å²) in [6.45, 7) is 17.4. The van der Waals surface area contributed by atoms with Crippen molar-refractivity contribution in [3.05, 3.63) is 0 Å². The first-order valence-electron chi connectivity index (χ1n) is 17.3. The lowest BCUT2D eigenvalue weighted by atomic mass is 9.74. The Morgan fingerprint density at radius 2 is 1.74 bits per heavy atom. The number of cyclic esters (lactones) is 1. The molecule has 268 valence electrons. The maximum absolute atomic E-state index is 14.3. The molecule has 11 heteroatoms. The van der Waals surface area contributed by atoms with Gasteiger partial charge >= 0.3 is 5.97 Å². The molecule has 3 fully saturated rings. The maximum atomic E-state index is 14.3. The number of methoxy groups -OCH3 is 1. The fraction of sp³-hybridized carbons (Fsp3) is 0.943. The SMILES string of the molecule is CO[C@]1(C)C[C@@H](C)CN(C)[C@@H]([C@@H]2CCN(C(C)CN(C)C)C2)COC(=O)C(C)(C)C(=O)[C@H](C)[C@H]1O[C@@H]1O[C@H](C)C[C@H](N(C)C)[C@H]1O. The van der Waals surface area contributed by atoms with Crippen LogP contribution < -0.4 is 0 Å². The van der Waals surface area contributed by atoms with Crippen molar-refractivity contribution in [3.63, 3.8) is 0 Å². The molecule has 3 rings (SSSR count). The molecule has 1 N–H and O–H groups in total. The summed E-state index contributed by atoms with van der Waals surface area (Å²) in [7, 11) is 11.8. The van der Waals surface area contributed by atoms with Crippen LogP contribution in [0.2, 0.25) is 0 Å². The van der Waals surface area contributed by atoms with Crippen LogP contribution in [0.25, 0.3) is 0 Å². The molecule has 46 heavy (non-hydrogen) atoms. The number of likely N-dealkylation sites (N-methyl/N-ethyl adjacent to an activating group) is 3. The Balaban J connectivity index is 1.94. The van der Waals surface area contributed by atoms with Gasteiger partial charge in [-0.3, -0.25) is 19.4 Å². The molecule has 0 radical (unpaired) electrons. The molecule has 0 spiro atoms. The summed E-state index contributed by atoms with van der Waals surface area (Å²) in [5, 5.41) is 11.3. The maximum Gasteiger partial charge on any atom is 0.319 e. The number of aliphatic hydroxyl groups excluding tert-OH is 1. The van der Waals surface area contributed by atoms with E-state index in [9.17, 15) is 14.7 Å². The Bertz CT molecular complexity index is 1010. The van der Waals surface area contributed by atoms with E-state index in [1.807, 2.05) is 32.8 Å². The molecular weight excluding hydrogens is 588 g/mol. The Morgan fingerprint density at radius 1 is 1.09 bits per heavy atom. The highest BCUT2D eigenvalue weighted by molar-refractivity contribution is 6.04. The third-order valence-electron chi connectivity index (χ3n) is 11.0. The summed E-state index contributed by atoms with van der Waals surface area (Å²) < 4.78 is 25.1. The molecule has 3 saturated heterocycles. The Kier molecular flexibility index (Phi) is 13.7. The van der Waals surface area contributed by atoms with Crippen LogP contribution in [0.3, 0.4) is 0 Å². The highest BCUT2D eigenvalue weighted by Gasteiger charge is 2.51. The van der Waals surface area contributed by atoms with Gasteiger partial charge in [0.1, 0.15) is 18.1 Å². The van der Waals surface area contributed by atoms with Gasteiger partial charge in [0, 0.05) is 50.8 Å². The number of nitrogens with zero attached hydrogens (tertiary/aromatic N) is 4. The zero-order valence-corrected chi connectivity index (χ0v) is 31.1. The van der Waals surface area contributed by atoms with E-state index in [0.717, 1.165) is 32.6 Å². The summed E-state index contributed by atoms with van der Waals surface area (Å²) in [6, 6.07) is 0.279. The number of ether oxygens (including phenoxy) is 4. The van der Waals surface area contributed by atoms with E-state index in [1.165, 1.54) is 0 Å². The molecule has 0 aromatic carbocycles. The fourth-order valence-electron chi connectivity index (χ4n) is 8.23. The van der Waals surface area contributed by atoms with Crippen LogP contribution in [0, 0.1) is 23.2 Å². The summed E-state index contributed by atoms with van der Waals surface area (Å²) in [5.74, 6) is -1.07. The fourth-order valence-corrected chi connectivity index (χ4v) is 8.23. The van der Waals surface area contributed by atoms with Gasteiger partial charge in [-0.1, -0.05) is 13.8 Å². The van der Waals surface area contributed by atoms with E-state index in [-0.39, 0.29) is 36.5 Å². The minimum atomic E-state index is -1.41. The van der Waals surface area contributed by atoms with E-state index >= 15 is 0 Å². The van der Waals surface area contributed by atoms with E-state index in [2.05, 4.69) is 49.7 Å². The third kappa shape index (κ3) is 9.08. The predicted octanol–water partition coefficient (Wildman–Crippen LogP) is 2.59. The van der Waals surface area contributed by atoms with Crippen LogP contribution in [0.4, 0.5) is 0 Å². The molecule has 3 heterocycles. The van der Waals surface area contributed by atoms with Gasteiger partial charge in [0.15, 0.2) is 12.1 Å². The molecule has 0 aromatic heterocycles. The molecule has 0 amide bonds. The molecule has 1 unspecified atom stereocenters. The summed E-state index contributed by atoms with van der Waals surface area (Å²) in [4.78, 5) is 37.1. The first kappa shape index (κ1) is 39.3. The van der Waals surface area contributed by atoms with Gasteiger partial charge in [0.2, 0.25) is 0 Å². The van der Waals surface area contributed by atoms with E-state index in [4.69, 9.17) is 18.9 Å². The van der Waals surface area contributed by atoms with Gasteiger partial charge in [-0.2, -0.15) is 0 Å². The minimum Gasteiger partial charge on any atom is -0.463 e. The average Bonchev–Trinajstić information content (AvgIpc) is 3.45. The molecule has 11 atom stereocenters. The van der Waals surface area contributed by atoms with Crippen LogP contribution >= 0.6 is 0 Å². The zero-order chi connectivity index (χ0) is 34.7. The molecular formula is C35H66N4O7. The van der Waals surface area contributed by atoms with Crippen molar-refractivity contribution in [3.8, 4) is 0 Å². The second-order valence-electron chi connectivity index (χ2n) is 16.0. The first-order chi connectivity index (χ1) is 21.3. The third-order valence-corrected chi connectivity index (χ3v) is 11.0. The molecule has 3 aliphatic rings. The zero-order valence-electron chi connectivity index (χ0n) is 31.1. The van der Waals surface area contributed by atoms with Gasteiger partial charge in [0.05, 0.1) is 17.8 Å². The standard InChI is InChI=1S/C35H66N4O7/c1-22-17-35(7,43-13)31(46-32-29(40)27(37(10)11)16-24(3)45-32)25(4)30(41)34(5,6)33(42)44-21-28(38(12)18-22)26-14-15-39(20-26)23(2)19-36(8)9/h22-29,31-32,40H,14-21H2,1-13H3/t22-,23?,24-,25+,26-,27+,28-,29-,31-,32+,35-/m1/s1. The van der Waals surface area contributed by atoms with Crippen LogP contribution in [0.5, 0.6) is 0 Å². The van der Waals surface area contributed by atoms with Gasteiger partial charge in [-0.25, -0.2) is 0 Å². The van der Waals surface area contributed by atoms with Crippen molar-refractivity contribution >= 4 is 11.8 Å². The number of carbonyl (C=O) groups is 2. The number of rotatable bonds is 8. The number of ketones is 1. The molecule has 3 aliphatic heterocycles. The summed E-state index contributed by atoms with van der Waals surface area (Å²) in [5.41, 5.74) is -2.33. The normalized spacial score (nSPS) is 40.0. The van der Waals surface area contributed by atoms with Gasteiger partial charge < -0.3 is 33.9 Å². The summed E-state index contributed by atoms with van der Waals surface area (Å²) >= 11 is 0. The monoisotopic (exact) mass is 654 g/mol. The van der Waals surface area contributed by atoms with E-state index in [1.54, 1.807) is 27.9 Å². The van der Waals surface area contributed by atoms with Crippen LogP contribution in [0.1, 0.15) is 67.7 Å². The number of hydrogen-bond donors (Lipinski definition) is 1. The topological polar surface area (TPSA) is 104 Å². The van der Waals surface area contributed by atoms with Crippen LogP contribution in [-0.4, -0.2) is 160 Å². The highest BCUT2D eigenvalue weighted by atomic mass is 16.7.